The maximum Gasteiger partial charge on any atom is 0.425 e. The number of hydrogen-bond donors (Lipinski definition) is 1. The number of hydrogen-bond acceptors (Lipinski definition) is 4. The van der Waals surface area contributed by atoms with Crippen LogP contribution in [0.15, 0.2) is 30.3 Å². The number of carbonyl (C=O) groups excluding carboxylic acids is 1. The summed E-state index contributed by atoms with van der Waals surface area (Å²) in [4.78, 5) is 11.2. The van der Waals surface area contributed by atoms with Gasteiger partial charge in [0.1, 0.15) is 4.88 Å². The summed E-state index contributed by atoms with van der Waals surface area (Å²) in [5.41, 5.74) is 0.660. The topological polar surface area (TPSA) is 47.6 Å². The van der Waals surface area contributed by atoms with Crippen LogP contribution in [0.3, 0.4) is 0 Å². The Morgan fingerprint density at radius 2 is 1.83 bits per heavy atom. The summed E-state index contributed by atoms with van der Waals surface area (Å²) in [5, 5.41) is 2.61. The van der Waals surface area contributed by atoms with E-state index in [1.165, 1.54) is 20.3 Å². The Morgan fingerprint density at radius 1 is 1.13 bits per heavy atom. The second-order valence-electron chi connectivity index (χ2n) is 4.58. The van der Waals surface area contributed by atoms with Crippen molar-refractivity contribution in [3.63, 3.8) is 0 Å². The molecule has 0 fully saturated rings. The van der Waals surface area contributed by atoms with E-state index in [1.807, 2.05) is 0 Å². The van der Waals surface area contributed by atoms with Gasteiger partial charge in [-0.3, -0.25) is 4.79 Å². The van der Waals surface area contributed by atoms with Gasteiger partial charge in [-0.25, -0.2) is 0 Å². The van der Waals surface area contributed by atoms with Crippen LogP contribution in [0.5, 0.6) is 11.5 Å². The summed E-state index contributed by atoms with van der Waals surface area (Å²) in [6.07, 6.45) is -4.39. The molecule has 0 spiro atoms. The minimum Gasteiger partial charge on any atom is -0.493 e. The molecule has 0 saturated heterocycles. The summed E-state index contributed by atoms with van der Waals surface area (Å²) in [6.45, 7) is 0. The van der Waals surface area contributed by atoms with Gasteiger partial charge in [0.25, 0.3) is 0 Å². The average molecular weight is 345 g/mol. The Balaban J connectivity index is 2.03. The van der Waals surface area contributed by atoms with Crippen LogP contribution in [-0.2, 0) is 17.4 Å². The van der Waals surface area contributed by atoms with Crippen LogP contribution in [0.4, 0.5) is 18.2 Å². The Bertz CT molecular complexity index is 698. The monoisotopic (exact) mass is 345 g/mol. The Hall–Kier alpha value is -2.22. The molecule has 0 atom stereocenters. The van der Waals surface area contributed by atoms with Gasteiger partial charge in [0.15, 0.2) is 11.5 Å². The highest BCUT2D eigenvalue weighted by Gasteiger charge is 2.32. The van der Waals surface area contributed by atoms with Crippen LogP contribution >= 0.6 is 11.3 Å². The van der Waals surface area contributed by atoms with Gasteiger partial charge in [-0.05, 0) is 29.8 Å². The minimum atomic E-state index is -4.41. The molecule has 1 N–H and O–H groups in total. The molecule has 0 aliphatic carbocycles. The molecule has 1 amide bonds. The smallest absolute Gasteiger partial charge is 0.425 e. The van der Waals surface area contributed by atoms with Crippen molar-refractivity contribution in [2.75, 3.05) is 19.5 Å². The third-order valence-corrected chi connectivity index (χ3v) is 4.01. The highest BCUT2D eigenvalue weighted by Crippen LogP contribution is 2.36. The lowest BCUT2D eigenvalue weighted by Gasteiger charge is -2.09. The molecule has 8 heteroatoms. The quantitative estimate of drug-likeness (QED) is 0.892. The van der Waals surface area contributed by atoms with E-state index in [1.54, 1.807) is 18.2 Å². The summed E-state index contributed by atoms with van der Waals surface area (Å²) in [6, 6.07) is 7.18. The predicted octanol–water partition coefficient (Wildman–Crippen LogP) is 3.97. The molecule has 2 aromatic rings. The number of ether oxygens (including phenoxy) is 2. The normalized spacial score (nSPS) is 11.2. The van der Waals surface area contributed by atoms with Gasteiger partial charge >= 0.3 is 6.18 Å². The third-order valence-electron chi connectivity index (χ3n) is 2.96. The lowest BCUT2D eigenvalue weighted by atomic mass is 10.1. The van der Waals surface area contributed by atoms with Crippen LogP contribution in [0.1, 0.15) is 10.4 Å². The standard InChI is InChI=1S/C15H14F3NO3S/c1-21-10-4-3-9(7-11(10)22-2)8-13(20)19-14-6-5-12(23-14)15(16,17)18/h3-7H,8H2,1-2H3,(H,19,20). The largest absolute Gasteiger partial charge is 0.493 e. The zero-order valence-electron chi connectivity index (χ0n) is 12.4. The number of carbonyl (C=O) groups is 1. The van der Waals surface area contributed by atoms with Gasteiger partial charge in [0.2, 0.25) is 5.91 Å². The summed E-state index contributed by atoms with van der Waals surface area (Å²) < 4.78 is 47.8. The second-order valence-corrected chi connectivity index (χ2v) is 5.66. The summed E-state index contributed by atoms with van der Waals surface area (Å²) in [5.74, 6) is 0.603. The van der Waals surface area contributed by atoms with E-state index in [-0.39, 0.29) is 11.4 Å². The Morgan fingerprint density at radius 3 is 2.39 bits per heavy atom. The number of benzene rings is 1. The number of alkyl halides is 3. The van der Waals surface area contributed by atoms with E-state index in [4.69, 9.17) is 9.47 Å². The molecule has 4 nitrogen and oxygen atoms in total. The maximum atomic E-state index is 12.5. The fraction of sp³-hybridized carbons (Fsp3) is 0.267. The van der Waals surface area contributed by atoms with Crippen LogP contribution in [0.2, 0.25) is 0 Å². The number of rotatable bonds is 5. The molecule has 2 rings (SSSR count). The first-order valence-electron chi connectivity index (χ1n) is 6.51. The molecule has 0 aliphatic heterocycles. The van der Waals surface area contributed by atoms with Crippen molar-refractivity contribution in [2.45, 2.75) is 12.6 Å². The lowest BCUT2D eigenvalue weighted by molar-refractivity contribution is -0.134. The van der Waals surface area contributed by atoms with E-state index < -0.39 is 17.0 Å². The van der Waals surface area contributed by atoms with Gasteiger partial charge in [0, 0.05) is 0 Å². The predicted molar refractivity (Wildman–Crippen MR) is 81.2 cm³/mol. The molecule has 1 aromatic carbocycles. The van der Waals surface area contributed by atoms with Crippen LogP contribution in [0, 0.1) is 0 Å². The first-order chi connectivity index (χ1) is 10.8. The zero-order valence-corrected chi connectivity index (χ0v) is 13.2. The minimum absolute atomic E-state index is 0.0135. The van der Waals surface area contributed by atoms with Gasteiger partial charge in [-0.15, -0.1) is 11.3 Å². The number of thiophene rings is 1. The van der Waals surface area contributed by atoms with E-state index in [0.29, 0.717) is 28.4 Å². The molecule has 0 radical (unpaired) electrons. The zero-order chi connectivity index (χ0) is 17.0. The molecular formula is C15H14F3NO3S. The number of nitrogens with one attached hydrogen (secondary N) is 1. The van der Waals surface area contributed by atoms with Crippen molar-refractivity contribution in [1.82, 2.24) is 0 Å². The lowest BCUT2D eigenvalue weighted by Crippen LogP contribution is -2.13. The molecule has 1 aromatic heterocycles. The SMILES string of the molecule is COc1ccc(CC(=O)Nc2ccc(C(F)(F)F)s2)cc1OC. The molecule has 0 bridgehead atoms. The highest BCUT2D eigenvalue weighted by atomic mass is 32.1. The summed E-state index contributed by atoms with van der Waals surface area (Å²) >= 11 is 0.491. The Kier molecular flexibility index (Phi) is 5.15. The summed E-state index contributed by atoms with van der Waals surface area (Å²) in [7, 11) is 2.98. The van der Waals surface area contributed by atoms with Crippen molar-refractivity contribution in [1.29, 1.82) is 0 Å². The van der Waals surface area contributed by atoms with Crippen molar-refractivity contribution in [3.05, 3.63) is 40.8 Å². The van der Waals surface area contributed by atoms with Crippen LogP contribution < -0.4 is 14.8 Å². The van der Waals surface area contributed by atoms with Crippen LogP contribution in [-0.4, -0.2) is 20.1 Å². The van der Waals surface area contributed by atoms with Gasteiger partial charge in [-0.1, -0.05) is 6.07 Å². The maximum absolute atomic E-state index is 12.5. The number of halogens is 3. The average Bonchev–Trinajstić information content (AvgIpc) is 2.95. The molecule has 0 saturated carbocycles. The van der Waals surface area contributed by atoms with Crippen molar-refractivity contribution < 1.29 is 27.4 Å². The van der Waals surface area contributed by atoms with Gasteiger partial charge < -0.3 is 14.8 Å². The van der Waals surface area contributed by atoms with Crippen molar-refractivity contribution in [2.24, 2.45) is 0 Å². The fourth-order valence-electron chi connectivity index (χ4n) is 1.92. The molecule has 23 heavy (non-hydrogen) atoms. The molecular weight excluding hydrogens is 331 g/mol. The third kappa shape index (κ3) is 4.38. The number of anilines is 1. The van der Waals surface area contributed by atoms with E-state index in [2.05, 4.69) is 5.32 Å². The highest BCUT2D eigenvalue weighted by molar-refractivity contribution is 7.16. The van der Waals surface area contributed by atoms with Gasteiger partial charge in [0.05, 0.1) is 25.6 Å². The fourth-order valence-corrected chi connectivity index (χ4v) is 2.70. The van der Waals surface area contributed by atoms with Crippen molar-refractivity contribution in [3.8, 4) is 11.5 Å². The van der Waals surface area contributed by atoms with Crippen LogP contribution in [0.25, 0.3) is 0 Å². The Labute approximate surface area is 134 Å². The molecule has 124 valence electrons. The van der Waals surface area contributed by atoms with E-state index >= 15 is 0 Å². The molecule has 0 unspecified atom stereocenters. The van der Waals surface area contributed by atoms with Gasteiger partial charge in [-0.2, -0.15) is 13.2 Å². The first-order valence-corrected chi connectivity index (χ1v) is 7.33. The second kappa shape index (κ2) is 6.91. The molecule has 1 heterocycles. The molecule has 0 aliphatic rings. The first kappa shape index (κ1) is 17.1. The van der Waals surface area contributed by atoms with E-state index in [0.717, 1.165) is 6.07 Å². The number of amides is 1. The number of methoxy groups -OCH3 is 2. The van der Waals surface area contributed by atoms with E-state index in [9.17, 15) is 18.0 Å². The van der Waals surface area contributed by atoms with Crippen molar-refractivity contribution >= 4 is 22.2 Å².